The van der Waals surface area contributed by atoms with E-state index in [1.807, 2.05) is 6.92 Å². The molecule has 2 atom stereocenters. The molecule has 0 saturated heterocycles. The van der Waals surface area contributed by atoms with Crippen molar-refractivity contribution < 1.29 is 23.4 Å². The number of carboxylic acid groups (broad SMARTS) is 1. The van der Waals surface area contributed by atoms with Gasteiger partial charge in [0.1, 0.15) is 0 Å². The van der Waals surface area contributed by atoms with Crippen molar-refractivity contribution in [3.05, 3.63) is 54.1 Å². The van der Waals surface area contributed by atoms with Gasteiger partial charge in [0.15, 0.2) is 0 Å². The number of benzene rings is 2. The zero-order valence-corrected chi connectivity index (χ0v) is 16.8. The fraction of sp³-hybridized carbons (Fsp3) is 0.333. The Labute approximate surface area is 170 Å². The zero-order chi connectivity index (χ0) is 21.0. The summed E-state index contributed by atoms with van der Waals surface area (Å²) in [6.45, 7) is 1.87. The van der Waals surface area contributed by atoms with Crippen molar-refractivity contribution in [2.75, 3.05) is 4.72 Å². The number of nitrogens with one attached hydrogen (secondary N) is 1. The molecular formula is C21H22N2O5S-2. The Balaban J connectivity index is 1.73. The Hall–Kier alpha value is -2.87. The number of aryl methyl sites for hydroxylation is 1. The van der Waals surface area contributed by atoms with Gasteiger partial charge in [0, 0.05) is 17.6 Å². The van der Waals surface area contributed by atoms with E-state index in [0.717, 1.165) is 18.4 Å². The third-order valence-corrected chi connectivity index (χ3v) is 6.47. The van der Waals surface area contributed by atoms with Crippen molar-refractivity contribution in [3.63, 3.8) is 0 Å². The fourth-order valence-electron chi connectivity index (χ4n) is 3.45. The summed E-state index contributed by atoms with van der Waals surface area (Å²) in [6.07, 6.45) is 2.46. The van der Waals surface area contributed by atoms with Crippen LogP contribution in [0.25, 0.3) is 0 Å². The number of aliphatic carboxylic acids is 1. The van der Waals surface area contributed by atoms with Crippen molar-refractivity contribution >= 4 is 33.3 Å². The van der Waals surface area contributed by atoms with Crippen molar-refractivity contribution in [1.29, 1.82) is 0 Å². The molecule has 8 heteroatoms. The maximum Gasteiger partial charge on any atom is 0.261 e. The number of hydrogen-bond donors (Lipinski definition) is 1. The molecule has 0 aromatic heterocycles. The Morgan fingerprint density at radius 3 is 2.14 bits per heavy atom. The van der Waals surface area contributed by atoms with Crippen molar-refractivity contribution in [2.24, 2.45) is 16.8 Å². The first-order valence-corrected chi connectivity index (χ1v) is 10.9. The maximum atomic E-state index is 12.4. The smallest absolute Gasteiger partial charge is 0.261 e. The van der Waals surface area contributed by atoms with Gasteiger partial charge < -0.3 is 15.0 Å². The van der Waals surface area contributed by atoms with E-state index in [1.54, 1.807) is 12.1 Å². The van der Waals surface area contributed by atoms with Gasteiger partial charge in [-0.3, -0.25) is 9.71 Å². The lowest BCUT2D eigenvalue weighted by Gasteiger charge is -2.35. The number of anilines is 1. The van der Waals surface area contributed by atoms with Crippen LogP contribution in [-0.2, 0) is 14.8 Å². The van der Waals surface area contributed by atoms with Crippen LogP contribution in [0.15, 0.2) is 58.4 Å². The molecule has 0 spiro atoms. The quantitative estimate of drug-likeness (QED) is 0.570. The number of sulfonamides is 1. The molecule has 1 N–H and O–H groups in total. The number of carbonyl (C=O) groups is 1. The minimum atomic E-state index is -3.72. The van der Waals surface area contributed by atoms with Gasteiger partial charge >= 0.3 is 0 Å². The molecule has 0 heterocycles. The molecule has 0 aliphatic heterocycles. The lowest BCUT2D eigenvalue weighted by molar-refractivity contribution is -0.315. The average Bonchev–Trinajstić information content (AvgIpc) is 2.69. The minimum Gasteiger partial charge on any atom is -0.861 e. The summed E-state index contributed by atoms with van der Waals surface area (Å²) in [5.74, 6) is -3.17. The first-order valence-electron chi connectivity index (χ1n) is 9.42. The standard InChI is InChI=1S/C21H24N2O5S/c1-14-6-12-17(13-7-14)29(27,28)23-16-10-8-15(9-11-16)22-20(24)18-4-2-3-5-19(18)21(25)26/h6-13,18-19,23H,2-5H2,1H3,(H,22,24)(H,25,26)/p-2. The normalized spacial score (nSPS) is 20.2. The van der Waals surface area contributed by atoms with Crippen LogP contribution in [0.4, 0.5) is 11.4 Å². The van der Waals surface area contributed by atoms with E-state index in [9.17, 15) is 23.4 Å². The second kappa shape index (κ2) is 8.65. The van der Waals surface area contributed by atoms with Gasteiger partial charge in [-0.25, -0.2) is 8.42 Å². The highest BCUT2D eigenvalue weighted by Gasteiger charge is 2.26. The molecular weight excluding hydrogens is 392 g/mol. The van der Waals surface area contributed by atoms with Gasteiger partial charge in [0.25, 0.3) is 10.0 Å². The first kappa shape index (κ1) is 20.9. The molecule has 1 saturated carbocycles. The SMILES string of the molecule is Cc1ccc(S(=O)(=O)Nc2ccc(N=C([O-])C3CCCCC3C(=O)[O-])cc2)cc1. The third kappa shape index (κ3) is 5.14. The van der Waals surface area contributed by atoms with Crippen LogP contribution < -0.4 is 14.9 Å². The summed E-state index contributed by atoms with van der Waals surface area (Å²) >= 11 is 0. The van der Waals surface area contributed by atoms with Gasteiger partial charge in [-0.2, -0.15) is 0 Å². The lowest BCUT2D eigenvalue weighted by Crippen LogP contribution is -2.44. The first-order chi connectivity index (χ1) is 13.8. The van der Waals surface area contributed by atoms with Crippen LogP contribution in [0.3, 0.4) is 0 Å². The number of rotatable bonds is 6. The minimum absolute atomic E-state index is 0.151. The predicted octanol–water partition coefficient (Wildman–Crippen LogP) is 1.74. The topological polar surface area (TPSA) is 122 Å². The van der Waals surface area contributed by atoms with Crippen molar-refractivity contribution in [2.45, 2.75) is 37.5 Å². The second-order valence-corrected chi connectivity index (χ2v) is 8.91. The molecule has 1 aliphatic carbocycles. The van der Waals surface area contributed by atoms with Crippen molar-refractivity contribution in [3.8, 4) is 0 Å². The van der Waals surface area contributed by atoms with E-state index in [0.29, 0.717) is 24.2 Å². The largest absolute Gasteiger partial charge is 0.861 e. The van der Waals surface area contributed by atoms with E-state index in [4.69, 9.17) is 0 Å². The number of aliphatic imine (C=N–C) groups is 1. The van der Waals surface area contributed by atoms with E-state index in [1.165, 1.54) is 36.4 Å². The zero-order valence-electron chi connectivity index (χ0n) is 16.0. The summed E-state index contributed by atoms with van der Waals surface area (Å²) < 4.78 is 27.3. The van der Waals surface area contributed by atoms with Crippen LogP contribution in [0.5, 0.6) is 0 Å². The summed E-state index contributed by atoms with van der Waals surface area (Å²) in [7, 11) is -3.72. The van der Waals surface area contributed by atoms with Gasteiger partial charge in [0.05, 0.1) is 10.6 Å². The molecule has 0 radical (unpaired) electrons. The van der Waals surface area contributed by atoms with Gasteiger partial charge in [0.2, 0.25) is 0 Å². The van der Waals surface area contributed by atoms with Gasteiger partial charge in [-0.15, -0.1) is 0 Å². The number of carboxylic acids is 1. The van der Waals surface area contributed by atoms with Crippen LogP contribution >= 0.6 is 0 Å². The van der Waals surface area contributed by atoms with E-state index in [-0.39, 0.29) is 4.90 Å². The second-order valence-electron chi connectivity index (χ2n) is 7.23. The Kier molecular flexibility index (Phi) is 6.22. The molecule has 7 nitrogen and oxygen atoms in total. The number of nitrogens with zero attached hydrogens (tertiary/aromatic N) is 1. The van der Waals surface area contributed by atoms with Gasteiger partial charge in [-0.05, 0) is 68.0 Å². The molecule has 0 amide bonds. The highest BCUT2D eigenvalue weighted by atomic mass is 32.2. The predicted molar refractivity (Wildman–Crippen MR) is 106 cm³/mol. The molecule has 2 aromatic rings. The molecule has 1 fully saturated rings. The maximum absolute atomic E-state index is 12.4. The number of hydrogen-bond acceptors (Lipinski definition) is 6. The lowest BCUT2D eigenvalue weighted by atomic mass is 9.79. The molecule has 1 aliphatic rings. The molecule has 2 unspecified atom stereocenters. The Morgan fingerprint density at radius 1 is 0.966 bits per heavy atom. The van der Waals surface area contributed by atoms with Crippen molar-refractivity contribution in [1.82, 2.24) is 0 Å². The summed E-state index contributed by atoms with van der Waals surface area (Å²) in [5, 5.41) is 23.7. The molecule has 29 heavy (non-hydrogen) atoms. The molecule has 3 rings (SSSR count). The van der Waals surface area contributed by atoms with E-state index >= 15 is 0 Å². The molecule has 0 bridgehead atoms. The highest BCUT2D eigenvalue weighted by molar-refractivity contribution is 7.92. The Morgan fingerprint density at radius 2 is 1.55 bits per heavy atom. The number of carbonyl (C=O) groups excluding carboxylic acids is 1. The Bertz CT molecular complexity index is 998. The van der Waals surface area contributed by atoms with Crippen LogP contribution in [-0.4, -0.2) is 20.3 Å². The van der Waals surface area contributed by atoms with Gasteiger partial charge in [-0.1, -0.05) is 30.5 Å². The van der Waals surface area contributed by atoms with Crippen LogP contribution in [0.2, 0.25) is 0 Å². The fourth-order valence-corrected chi connectivity index (χ4v) is 4.51. The summed E-state index contributed by atoms with van der Waals surface area (Å²) in [6, 6.07) is 12.5. The molecule has 2 aromatic carbocycles. The van der Waals surface area contributed by atoms with Crippen LogP contribution in [0, 0.1) is 18.8 Å². The van der Waals surface area contributed by atoms with E-state index < -0.39 is 33.7 Å². The molecule has 154 valence electrons. The third-order valence-electron chi connectivity index (χ3n) is 5.08. The average molecular weight is 414 g/mol. The summed E-state index contributed by atoms with van der Waals surface area (Å²) in [4.78, 5) is 15.4. The summed E-state index contributed by atoms with van der Waals surface area (Å²) in [5.41, 5.74) is 1.64. The van der Waals surface area contributed by atoms with Crippen LogP contribution in [0.1, 0.15) is 31.2 Å². The van der Waals surface area contributed by atoms with E-state index in [2.05, 4.69) is 9.71 Å². The highest BCUT2D eigenvalue weighted by Crippen LogP contribution is 2.31. The monoisotopic (exact) mass is 414 g/mol.